The lowest BCUT2D eigenvalue weighted by atomic mass is 9.92. The standard InChI is InChI=1S/C16H15BrO2S/c17-14-7-8-20-16(14)15(18)10-19-13-6-5-11-3-1-2-4-12(11)9-13/h5-9H,1-4,10H2. The molecule has 1 aliphatic carbocycles. The summed E-state index contributed by atoms with van der Waals surface area (Å²) in [5.41, 5.74) is 2.80. The summed E-state index contributed by atoms with van der Waals surface area (Å²) >= 11 is 4.82. The number of carbonyl (C=O) groups is 1. The number of halogens is 1. The lowest BCUT2D eigenvalue weighted by molar-refractivity contribution is 0.0925. The molecule has 0 amide bonds. The third-order valence-electron chi connectivity index (χ3n) is 3.56. The molecule has 3 rings (SSSR count). The summed E-state index contributed by atoms with van der Waals surface area (Å²) in [5, 5.41) is 1.90. The van der Waals surface area contributed by atoms with Crippen LogP contribution in [0.4, 0.5) is 0 Å². The Hall–Kier alpha value is -1.13. The van der Waals surface area contributed by atoms with Gasteiger partial charge in [-0.15, -0.1) is 11.3 Å². The Morgan fingerprint density at radius 1 is 1.20 bits per heavy atom. The molecular formula is C16H15BrO2S. The molecule has 1 heterocycles. The lowest BCUT2D eigenvalue weighted by Crippen LogP contribution is -2.11. The zero-order chi connectivity index (χ0) is 13.9. The number of aryl methyl sites for hydroxylation is 2. The minimum absolute atomic E-state index is 0.0181. The third-order valence-corrected chi connectivity index (χ3v) is 5.44. The summed E-state index contributed by atoms with van der Waals surface area (Å²) in [4.78, 5) is 12.8. The summed E-state index contributed by atoms with van der Waals surface area (Å²) in [6, 6.07) is 8.08. The first-order valence-corrected chi connectivity index (χ1v) is 8.42. The molecule has 0 saturated carbocycles. The molecule has 0 unspecified atom stereocenters. The van der Waals surface area contributed by atoms with Crippen LogP contribution < -0.4 is 4.74 Å². The van der Waals surface area contributed by atoms with Crippen LogP contribution in [0.15, 0.2) is 34.1 Å². The van der Waals surface area contributed by atoms with E-state index in [1.807, 2.05) is 17.5 Å². The summed E-state index contributed by atoms with van der Waals surface area (Å²) in [6.07, 6.45) is 4.81. The van der Waals surface area contributed by atoms with E-state index in [1.54, 1.807) is 0 Å². The van der Waals surface area contributed by atoms with Gasteiger partial charge in [-0.3, -0.25) is 4.79 Å². The van der Waals surface area contributed by atoms with Crippen molar-refractivity contribution in [1.29, 1.82) is 0 Å². The summed E-state index contributed by atoms with van der Waals surface area (Å²) < 4.78 is 6.50. The first-order valence-electron chi connectivity index (χ1n) is 6.75. The molecule has 0 bridgehead atoms. The van der Waals surface area contributed by atoms with Crippen LogP contribution >= 0.6 is 27.3 Å². The fourth-order valence-electron chi connectivity index (χ4n) is 2.51. The number of ketones is 1. The average Bonchev–Trinajstić information content (AvgIpc) is 2.91. The smallest absolute Gasteiger partial charge is 0.211 e. The van der Waals surface area contributed by atoms with Crippen molar-refractivity contribution in [3.8, 4) is 5.75 Å². The van der Waals surface area contributed by atoms with Gasteiger partial charge in [-0.1, -0.05) is 6.07 Å². The number of rotatable bonds is 4. The predicted molar refractivity (Wildman–Crippen MR) is 84.9 cm³/mol. The topological polar surface area (TPSA) is 26.3 Å². The highest BCUT2D eigenvalue weighted by atomic mass is 79.9. The molecule has 0 aliphatic heterocycles. The second kappa shape index (κ2) is 6.10. The van der Waals surface area contributed by atoms with Gasteiger partial charge < -0.3 is 4.74 Å². The van der Waals surface area contributed by atoms with Gasteiger partial charge in [-0.05, 0) is 76.3 Å². The maximum absolute atomic E-state index is 12.0. The van der Waals surface area contributed by atoms with Gasteiger partial charge in [-0.25, -0.2) is 0 Å². The van der Waals surface area contributed by atoms with Gasteiger partial charge in [0.25, 0.3) is 0 Å². The van der Waals surface area contributed by atoms with E-state index in [0.29, 0.717) is 0 Å². The fraction of sp³-hybridized carbons (Fsp3) is 0.312. The number of hydrogen-bond donors (Lipinski definition) is 0. The van der Waals surface area contributed by atoms with Crippen LogP contribution in [-0.2, 0) is 12.8 Å². The zero-order valence-electron chi connectivity index (χ0n) is 11.0. The van der Waals surface area contributed by atoms with Crippen molar-refractivity contribution < 1.29 is 9.53 Å². The van der Waals surface area contributed by atoms with E-state index in [1.165, 1.54) is 35.3 Å². The van der Waals surface area contributed by atoms with Crippen molar-refractivity contribution in [2.75, 3.05) is 6.61 Å². The highest BCUT2D eigenvalue weighted by molar-refractivity contribution is 9.10. The highest BCUT2D eigenvalue weighted by Crippen LogP contribution is 2.26. The molecule has 20 heavy (non-hydrogen) atoms. The fourth-order valence-corrected chi connectivity index (χ4v) is 4.03. The van der Waals surface area contributed by atoms with Crippen LogP contribution in [0.3, 0.4) is 0 Å². The van der Waals surface area contributed by atoms with Gasteiger partial charge in [0.05, 0.1) is 4.88 Å². The second-order valence-electron chi connectivity index (χ2n) is 4.95. The molecule has 0 spiro atoms. The summed E-state index contributed by atoms with van der Waals surface area (Å²) in [7, 11) is 0. The van der Waals surface area contributed by atoms with Crippen molar-refractivity contribution in [3.05, 3.63) is 50.1 Å². The Kier molecular flexibility index (Phi) is 4.22. The lowest BCUT2D eigenvalue weighted by Gasteiger charge is -2.16. The Bertz CT molecular complexity index is 633. The van der Waals surface area contributed by atoms with E-state index in [2.05, 4.69) is 28.1 Å². The van der Waals surface area contributed by atoms with E-state index < -0.39 is 0 Å². The predicted octanol–water partition coefficient (Wildman–Crippen LogP) is 4.65. The third kappa shape index (κ3) is 2.96. The second-order valence-corrected chi connectivity index (χ2v) is 6.72. The number of carbonyl (C=O) groups excluding carboxylic acids is 1. The first-order chi connectivity index (χ1) is 9.74. The molecule has 1 aromatic carbocycles. The van der Waals surface area contributed by atoms with Crippen LogP contribution in [0.2, 0.25) is 0 Å². The van der Waals surface area contributed by atoms with Crippen molar-refractivity contribution >= 4 is 33.0 Å². The van der Waals surface area contributed by atoms with Gasteiger partial charge in [0.1, 0.15) is 5.75 Å². The van der Waals surface area contributed by atoms with Crippen molar-refractivity contribution in [2.24, 2.45) is 0 Å². The molecule has 1 aliphatic rings. The minimum Gasteiger partial charge on any atom is -0.485 e. The van der Waals surface area contributed by atoms with Crippen LogP contribution in [0.5, 0.6) is 5.75 Å². The molecule has 0 saturated heterocycles. The van der Waals surface area contributed by atoms with Gasteiger partial charge >= 0.3 is 0 Å². The Morgan fingerprint density at radius 3 is 2.75 bits per heavy atom. The van der Waals surface area contributed by atoms with E-state index in [-0.39, 0.29) is 12.4 Å². The Morgan fingerprint density at radius 2 is 2.00 bits per heavy atom. The van der Waals surface area contributed by atoms with Crippen LogP contribution in [0.1, 0.15) is 33.6 Å². The number of hydrogen-bond acceptors (Lipinski definition) is 3. The monoisotopic (exact) mass is 350 g/mol. The number of Topliss-reactive ketones (excluding diaryl/α,β-unsaturated/α-hetero) is 1. The number of thiophene rings is 1. The SMILES string of the molecule is O=C(COc1ccc2c(c1)CCCC2)c1sccc1Br. The van der Waals surface area contributed by atoms with Crippen LogP contribution in [-0.4, -0.2) is 12.4 Å². The maximum Gasteiger partial charge on any atom is 0.211 e. The highest BCUT2D eigenvalue weighted by Gasteiger charge is 2.14. The normalized spacial score (nSPS) is 13.8. The van der Waals surface area contributed by atoms with Crippen molar-refractivity contribution in [2.45, 2.75) is 25.7 Å². The quantitative estimate of drug-likeness (QED) is 0.750. The van der Waals surface area contributed by atoms with Crippen molar-refractivity contribution in [3.63, 3.8) is 0 Å². The zero-order valence-corrected chi connectivity index (χ0v) is 13.4. The molecular weight excluding hydrogens is 336 g/mol. The number of fused-ring (bicyclic) bond motifs is 1. The summed E-state index contributed by atoms with van der Waals surface area (Å²) in [6.45, 7) is 0.0951. The first kappa shape index (κ1) is 13.8. The van der Waals surface area contributed by atoms with Gasteiger partial charge in [0.2, 0.25) is 5.78 Å². The van der Waals surface area contributed by atoms with E-state index in [4.69, 9.17) is 4.74 Å². The Labute approximate surface area is 130 Å². The maximum atomic E-state index is 12.0. The van der Waals surface area contributed by atoms with Gasteiger partial charge in [0.15, 0.2) is 6.61 Å². The largest absolute Gasteiger partial charge is 0.485 e. The van der Waals surface area contributed by atoms with E-state index in [9.17, 15) is 4.79 Å². The molecule has 0 N–H and O–H groups in total. The molecule has 0 fully saturated rings. The molecule has 4 heteroatoms. The number of benzene rings is 1. The number of ether oxygens (including phenoxy) is 1. The minimum atomic E-state index is 0.0181. The average molecular weight is 351 g/mol. The van der Waals surface area contributed by atoms with E-state index in [0.717, 1.165) is 27.9 Å². The van der Waals surface area contributed by atoms with E-state index >= 15 is 0 Å². The Balaban J connectivity index is 1.67. The molecule has 104 valence electrons. The van der Waals surface area contributed by atoms with Crippen molar-refractivity contribution in [1.82, 2.24) is 0 Å². The van der Waals surface area contributed by atoms with Crippen LogP contribution in [0, 0.1) is 0 Å². The van der Waals surface area contributed by atoms with Gasteiger partial charge in [-0.2, -0.15) is 0 Å². The van der Waals surface area contributed by atoms with Gasteiger partial charge in [0, 0.05) is 4.47 Å². The molecule has 2 aromatic rings. The molecule has 2 nitrogen and oxygen atoms in total. The summed E-state index contributed by atoms with van der Waals surface area (Å²) in [5.74, 6) is 0.816. The van der Waals surface area contributed by atoms with Crippen LogP contribution in [0.25, 0.3) is 0 Å². The molecule has 1 aromatic heterocycles. The molecule has 0 radical (unpaired) electrons. The molecule has 0 atom stereocenters.